The Hall–Kier alpha value is -7.01. The van der Waals surface area contributed by atoms with E-state index in [2.05, 4.69) is 37.9 Å². The number of esters is 1. The Morgan fingerprint density at radius 1 is 0.794 bits per heavy atom. The van der Waals surface area contributed by atoms with Gasteiger partial charge in [0.25, 0.3) is 0 Å². The highest BCUT2D eigenvalue weighted by Crippen LogP contribution is 2.59. The van der Waals surface area contributed by atoms with Crippen LogP contribution in [0.4, 0.5) is 13.2 Å². The zero-order chi connectivity index (χ0) is 44.7. The van der Waals surface area contributed by atoms with E-state index in [4.69, 9.17) is 23.7 Å². The average molecular weight is 854 g/mol. The highest BCUT2D eigenvalue weighted by atomic mass is 19.4. The maximum atomic E-state index is 14.3. The van der Waals surface area contributed by atoms with E-state index in [1.165, 1.54) is 12.1 Å². The van der Waals surface area contributed by atoms with Crippen molar-refractivity contribution in [3.05, 3.63) is 161 Å². The molecule has 1 heterocycles. The van der Waals surface area contributed by atoms with Crippen LogP contribution in [0.5, 0.6) is 23.0 Å². The van der Waals surface area contributed by atoms with Gasteiger partial charge >= 0.3 is 12.1 Å². The molecule has 0 radical (unpaired) electrons. The first-order valence-corrected chi connectivity index (χ1v) is 20.5. The quantitative estimate of drug-likeness (QED) is 0.0703. The summed E-state index contributed by atoms with van der Waals surface area (Å²) in [5, 5.41) is 4.33. The standard InChI is InChI=1S/C52H46F3NO7/c1-31(2)49(58)62-27-25-56-45(57)23-26-61-35-19-17-34(18-20-35)51(33-12-8-7-9-13-33)24-22-38-47-46(39-29-43(59-5)44(60-6)30-40(39)48(38)63-51)37-21-16-32(28-42(37)50(47,3)4)36-14-10-11-15-41(36)52(53,54)55/h7-22,24,28-30H,1,23,25-27H2,2-6H3,(H,56,57). The van der Waals surface area contributed by atoms with Crippen molar-refractivity contribution in [3.63, 3.8) is 0 Å². The molecule has 0 aromatic heterocycles. The van der Waals surface area contributed by atoms with Gasteiger partial charge in [0.1, 0.15) is 18.1 Å². The van der Waals surface area contributed by atoms with Crippen LogP contribution in [0.2, 0.25) is 0 Å². The Bertz CT molecular complexity index is 2790. The molecular weight excluding hydrogens is 808 g/mol. The van der Waals surface area contributed by atoms with Gasteiger partial charge in [-0.2, -0.15) is 13.2 Å². The fourth-order valence-corrected chi connectivity index (χ4v) is 8.73. The molecule has 0 bridgehead atoms. The van der Waals surface area contributed by atoms with Crippen molar-refractivity contribution in [1.29, 1.82) is 0 Å². The number of methoxy groups -OCH3 is 2. The fourth-order valence-electron chi connectivity index (χ4n) is 8.73. The van der Waals surface area contributed by atoms with Crippen molar-refractivity contribution in [1.82, 2.24) is 5.32 Å². The van der Waals surface area contributed by atoms with E-state index in [0.29, 0.717) is 28.6 Å². The largest absolute Gasteiger partial charge is 0.493 e. The van der Waals surface area contributed by atoms with E-state index in [-0.39, 0.29) is 43.2 Å². The molecule has 1 N–H and O–H groups in total. The van der Waals surface area contributed by atoms with Crippen molar-refractivity contribution in [2.24, 2.45) is 0 Å². The van der Waals surface area contributed by atoms with E-state index in [0.717, 1.165) is 55.8 Å². The minimum atomic E-state index is -4.52. The van der Waals surface area contributed by atoms with Crippen LogP contribution in [0, 0.1) is 0 Å². The second-order valence-corrected chi connectivity index (χ2v) is 16.1. The lowest BCUT2D eigenvalue weighted by Gasteiger charge is -2.38. The first kappa shape index (κ1) is 42.7. The van der Waals surface area contributed by atoms with Gasteiger partial charge in [-0.05, 0) is 88.2 Å². The summed E-state index contributed by atoms with van der Waals surface area (Å²) in [6.45, 7) is 9.63. The third kappa shape index (κ3) is 7.77. The van der Waals surface area contributed by atoms with Crippen LogP contribution in [0.25, 0.3) is 39.1 Å². The molecule has 1 atom stereocenters. The average Bonchev–Trinajstić information content (AvgIpc) is 3.53. The molecule has 1 aliphatic heterocycles. The number of alkyl halides is 3. The van der Waals surface area contributed by atoms with Gasteiger partial charge in [0.15, 0.2) is 17.1 Å². The number of rotatable bonds is 13. The third-order valence-electron chi connectivity index (χ3n) is 11.8. The van der Waals surface area contributed by atoms with Gasteiger partial charge in [-0.1, -0.05) is 99.3 Å². The smallest absolute Gasteiger partial charge is 0.417 e. The molecule has 0 saturated heterocycles. The number of halogens is 3. The molecule has 0 spiro atoms. The minimum absolute atomic E-state index is 0.0416. The lowest BCUT2D eigenvalue weighted by molar-refractivity contribution is -0.139. The minimum Gasteiger partial charge on any atom is -0.493 e. The van der Waals surface area contributed by atoms with Gasteiger partial charge in [-0.15, -0.1) is 0 Å². The zero-order valence-corrected chi connectivity index (χ0v) is 35.6. The normalized spacial score (nSPS) is 15.7. The van der Waals surface area contributed by atoms with Crippen LogP contribution in [0.3, 0.4) is 0 Å². The summed E-state index contributed by atoms with van der Waals surface area (Å²) in [4.78, 5) is 24.0. The van der Waals surface area contributed by atoms with Crippen LogP contribution in [-0.2, 0) is 31.5 Å². The summed E-state index contributed by atoms with van der Waals surface area (Å²) >= 11 is 0. The van der Waals surface area contributed by atoms with Gasteiger partial charge in [0, 0.05) is 33.1 Å². The molecule has 63 heavy (non-hydrogen) atoms. The highest BCUT2D eigenvalue weighted by molar-refractivity contribution is 6.10. The van der Waals surface area contributed by atoms with Crippen molar-refractivity contribution in [3.8, 4) is 45.3 Å². The predicted molar refractivity (Wildman–Crippen MR) is 237 cm³/mol. The first-order valence-electron chi connectivity index (χ1n) is 20.5. The number of ether oxygens (including phenoxy) is 5. The molecule has 6 aromatic carbocycles. The van der Waals surface area contributed by atoms with Crippen molar-refractivity contribution < 1.29 is 46.4 Å². The molecule has 2 aliphatic rings. The molecule has 1 aliphatic carbocycles. The van der Waals surface area contributed by atoms with Gasteiger partial charge in [-0.3, -0.25) is 4.79 Å². The SMILES string of the molecule is C=C(C)C(=O)OCCNC(=O)CCOc1ccc(C2(c3ccccc3)C=Cc3c4c(c5cc(OC)c(OC)cc5c3O2)-c2ccc(-c3ccccc3C(F)(F)F)cc2C4(C)C)cc1. The summed E-state index contributed by atoms with van der Waals surface area (Å²) in [5.74, 6) is 1.44. The molecule has 8 nitrogen and oxygen atoms in total. The summed E-state index contributed by atoms with van der Waals surface area (Å²) in [7, 11) is 3.16. The van der Waals surface area contributed by atoms with Crippen LogP contribution < -0.4 is 24.3 Å². The van der Waals surface area contributed by atoms with Crippen molar-refractivity contribution in [2.45, 2.75) is 44.4 Å². The lowest BCUT2D eigenvalue weighted by Crippen LogP contribution is -2.35. The van der Waals surface area contributed by atoms with E-state index in [1.54, 1.807) is 33.3 Å². The van der Waals surface area contributed by atoms with E-state index in [9.17, 15) is 22.8 Å². The lowest BCUT2D eigenvalue weighted by atomic mass is 9.76. The number of hydrogen-bond donors (Lipinski definition) is 1. The van der Waals surface area contributed by atoms with E-state index in [1.807, 2.05) is 78.9 Å². The molecule has 322 valence electrons. The highest BCUT2D eigenvalue weighted by Gasteiger charge is 2.45. The third-order valence-corrected chi connectivity index (χ3v) is 11.8. The Morgan fingerprint density at radius 2 is 1.46 bits per heavy atom. The Labute approximate surface area is 363 Å². The van der Waals surface area contributed by atoms with Crippen LogP contribution >= 0.6 is 0 Å². The summed E-state index contributed by atoms with van der Waals surface area (Å²) in [6.07, 6.45) is -0.281. The van der Waals surface area contributed by atoms with Gasteiger partial charge in [0.2, 0.25) is 5.91 Å². The van der Waals surface area contributed by atoms with Gasteiger partial charge in [0.05, 0.1) is 39.4 Å². The van der Waals surface area contributed by atoms with Gasteiger partial charge < -0.3 is 29.0 Å². The Kier molecular flexibility index (Phi) is 11.3. The first-order chi connectivity index (χ1) is 30.2. The van der Waals surface area contributed by atoms with E-state index < -0.39 is 28.7 Å². The van der Waals surface area contributed by atoms with Gasteiger partial charge in [-0.25, -0.2) is 4.79 Å². The number of nitrogens with one attached hydrogen (secondary N) is 1. The molecule has 1 amide bonds. The monoisotopic (exact) mass is 853 g/mol. The fraction of sp³-hybridized carbons (Fsp3) is 0.231. The predicted octanol–water partition coefficient (Wildman–Crippen LogP) is 11.2. The topological polar surface area (TPSA) is 92.3 Å². The molecular formula is C52H46F3NO7. The molecule has 0 fully saturated rings. The second kappa shape index (κ2) is 16.7. The van der Waals surface area contributed by atoms with Crippen molar-refractivity contribution in [2.75, 3.05) is 34.0 Å². The number of fused-ring (bicyclic) bond motifs is 8. The second-order valence-electron chi connectivity index (χ2n) is 16.1. The molecule has 0 saturated carbocycles. The maximum absolute atomic E-state index is 14.3. The molecule has 6 aromatic rings. The molecule has 11 heteroatoms. The number of hydrogen-bond acceptors (Lipinski definition) is 7. The number of carbonyl (C=O) groups excluding carboxylic acids is 2. The Balaban J connectivity index is 1.18. The van der Waals surface area contributed by atoms with Crippen LogP contribution in [0.1, 0.15) is 60.6 Å². The number of benzene rings is 6. The molecule has 1 unspecified atom stereocenters. The zero-order valence-electron chi connectivity index (χ0n) is 35.6. The van der Waals surface area contributed by atoms with E-state index >= 15 is 0 Å². The molecule has 8 rings (SSSR count). The van der Waals surface area contributed by atoms with Crippen LogP contribution in [0.15, 0.2) is 127 Å². The van der Waals surface area contributed by atoms with Crippen molar-refractivity contribution >= 4 is 28.7 Å². The van der Waals surface area contributed by atoms with Crippen LogP contribution in [-0.4, -0.2) is 45.9 Å². The summed E-state index contributed by atoms with van der Waals surface area (Å²) < 4.78 is 72.9. The summed E-state index contributed by atoms with van der Waals surface area (Å²) in [5.41, 5.74) is 4.67. The maximum Gasteiger partial charge on any atom is 0.417 e. The Morgan fingerprint density at radius 3 is 2.14 bits per heavy atom. The number of carbonyl (C=O) groups is 2. The summed E-state index contributed by atoms with van der Waals surface area (Å²) in [6, 6.07) is 32.6. The number of amides is 1.